The van der Waals surface area contributed by atoms with Crippen molar-refractivity contribution in [3.63, 3.8) is 0 Å². The molecule has 1 saturated heterocycles. The highest BCUT2D eigenvalue weighted by Gasteiger charge is 2.39. The van der Waals surface area contributed by atoms with Gasteiger partial charge in [0, 0.05) is 30.2 Å². The Morgan fingerprint density at radius 2 is 2.10 bits per heavy atom. The molecule has 1 fully saturated rings. The number of pyridine rings is 1. The number of carbonyl (C=O) groups excluding carboxylic acids is 1. The number of carbonyl (C=O) groups is 1. The van der Waals surface area contributed by atoms with Crippen molar-refractivity contribution in [2.45, 2.75) is 65.8 Å². The van der Waals surface area contributed by atoms with E-state index in [4.69, 9.17) is 4.74 Å². The van der Waals surface area contributed by atoms with E-state index in [0.717, 1.165) is 62.7 Å². The lowest BCUT2D eigenvalue weighted by Crippen LogP contribution is -2.44. The molecule has 8 nitrogen and oxygen atoms in total. The number of hydrogen-bond acceptors (Lipinski definition) is 6. The smallest absolute Gasteiger partial charge is 0.289 e. The molecule has 30 heavy (non-hydrogen) atoms. The van der Waals surface area contributed by atoms with E-state index in [1.807, 2.05) is 24.5 Å². The molecule has 1 N–H and O–H groups in total. The maximum Gasteiger partial charge on any atom is 0.289 e. The number of hydrogen-bond donors (Lipinski definition) is 1. The Bertz CT molecular complexity index is 888. The van der Waals surface area contributed by atoms with Gasteiger partial charge in [0.1, 0.15) is 6.61 Å². The topological polar surface area (TPSA) is 85.2 Å². The van der Waals surface area contributed by atoms with E-state index in [-0.39, 0.29) is 17.4 Å². The van der Waals surface area contributed by atoms with Gasteiger partial charge in [-0.1, -0.05) is 13.0 Å². The number of rotatable bonds is 5. The third kappa shape index (κ3) is 4.54. The number of piperidine rings is 1. The summed E-state index contributed by atoms with van der Waals surface area (Å²) in [4.78, 5) is 19.8. The minimum absolute atomic E-state index is 0.00949. The third-order valence-electron chi connectivity index (χ3n) is 6.40. The van der Waals surface area contributed by atoms with E-state index in [1.165, 1.54) is 0 Å². The van der Waals surface area contributed by atoms with Crippen LogP contribution in [-0.2, 0) is 24.4 Å². The Morgan fingerprint density at radius 3 is 2.83 bits per heavy atom. The minimum atomic E-state index is -0.150. The Labute approximate surface area is 178 Å². The van der Waals surface area contributed by atoms with Gasteiger partial charge >= 0.3 is 0 Å². The van der Waals surface area contributed by atoms with E-state index in [2.05, 4.69) is 44.5 Å². The number of amides is 1. The first-order chi connectivity index (χ1) is 14.5. The molecular weight excluding hydrogens is 380 g/mol. The highest BCUT2D eigenvalue weighted by atomic mass is 16.5. The highest BCUT2D eigenvalue weighted by molar-refractivity contribution is 5.90. The lowest BCUT2D eigenvalue weighted by Gasteiger charge is -2.41. The van der Waals surface area contributed by atoms with Crippen LogP contribution in [0.2, 0.25) is 0 Å². The molecule has 2 aliphatic rings. The number of aryl methyl sites for hydroxylation is 1. The van der Waals surface area contributed by atoms with E-state index < -0.39 is 0 Å². The van der Waals surface area contributed by atoms with Crippen LogP contribution in [0.5, 0.6) is 0 Å². The van der Waals surface area contributed by atoms with Crippen molar-refractivity contribution in [1.82, 2.24) is 30.0 Å². The van der Waals surface area contributed by atoms with Crippen molar-refractivity contribution in [2.75, 3.05) is 19.7 Å². The summed E-state index contributed by atoms with van der Waals surface area (Å²) < 4.78 is 7.98. The molecular formula is C22H32N6O2. The van der Waals surface area contributed by atoms with Crippen LogP contribution in [0, 0.1) is 12.3 Å². The predicted molar refractivity (Wildman–Crippen MR) is 113 cm³/mol. The van der Waals surface area contributed by atoms with Crippen molar-refractivity contribution < 1.29 is 9.53 Å². The molecule has 4 heterocycles. The number of nitrogens with one attached hydrogen (secondary N) is 1. The molecule has 2 aliphatic heterocycles. The van der Waals surface area contributed by atoms with Crippen molar-refractivity contribution in [1.29, 1.82) is 0 Å². The van der Waals surface area contributed by atoms with Crippen LogP contribution in [0.4, 0.5) is 0 Å². The van der Waals surface area contributed by atoms with Crippen molar-refractivity contribution >= 4 is 5.91 Å². The number of nitrogens with zero attached hydrogens (tertiary/aromatic N) is 5. The molecule has 8 heteroatoms. The Kier molecular flexibility index (Phi) is 6.15. The summed E-state index contributed by atoms with van der Waals surface area (Å²) in [6, 6.07) is 6.31. The monoisotopic (exact) mass is 412 g/mol. The fraction of sp³-hybridized carbons (Fsp3) is 0.636. The van der Waals surface area contributed by atoms with Crippen molar-refractivity contribution in [2.24, 2.45) is 5.41 Å². The minimum Gasteiger partial charge on any atom is -0.373 e. The van der Waals surface area contributed by atoms with E-state index in [9.17, 15) is 4.79 Å². The summed E-state index contributed by atoms with van der Waals surface area (Å²) in [5, 5.41) is 11.4. The molecule has 0 radical (unpaired) electrons. The van der Waals surface area contributed by atoms with Gasteiger partial charge in [-0.3, -0.25) is 14.7 Å². The van der Waals surface area contributed by atoms with Gasteiger partial charge in [-0.2, -0.15) is 0 Å². The summed E-state index contributed by atoms with van der Waals surface area (Å²) >= 11 is 0. The molecule has 162 valence electrons. The maximum absolute atomic E-state index is 12.7. The normalized spacial score (nSPS) is 19.8. The summed E-state index contributed by atoms with van der Waals surface area (Å²) in [6.07, 6.45) is 2.91. The van der Waals surface area contributed by atoms with Crippen molar-refractivity contribution in [3.8, 4) is 0 Å². The van der Waals surface area contributed by atoms with Crippen molar-refractivity contribution in [3.05, 3.63) is 41.2 Å². The number of aromatic nitrogens is 4. The van der Waals surface area contributed by atoms with E-state index >= 15 is 0 Å². The summed E-state index contributed by atoms with van der Waals surface area (Å²) in [6.45, 7) is 10.8. The first kappa shape index (κ1) is 20.9. The molecule has 0 aliphatic carbocycles. The second-order valence-corrected chi connectivity index (χ2v) is 8.85. The molecule has 0 aromatic carbocycles. The fourth-order valence-electron chi connectivity index (χ4n) is 4.31. The van der Waals surface area contributed by atoms with Crippen LogP contribution in [0.1, 0.15) is 60.9 Å². The lowest BCUT2D eigenvalue weighted by atomic mass is 9.79. The van der Waals surface area contributed by atoms with Gasteiger partial charge in [-0.25, -0.2) is 0 Å². The van der Waals surface area contributed by atoms with Crippen LogP contribution in [0.25, 0.3) is 0 Å². The number of ether oxygens (including phenoxy) is 1. The highest BCUT2D eigenvalue weighted by Crippen LogP contribution is 2.36. The summed E-state index contributed by atoms with van der Waals surface area (Å²) in [5.74, 6) is 0.997. The second-order valence-electron chi connectivity index (χ2n) is 8.85. The van der Waals surface area contributed by atoms with Crippen LogP contribution < -0.4 is 5.32 Å². The maximum atomic E-state index is 12.7. The fourth-order valence-corrected chi connectivity index (χ4v) is 4.31. The van der Waals surface area contributed by atoms with Crippen LogP contribution in [-0.4, -0.2) is 56.3 Å². The molecule has 2 aromatic rings. The molecule has 1 spiro atoms. The van der Waals surface area contributed by atoms with Gasteiger partial charge < -0.3 is 14.6 Å². The largest absolute Gasteiger partial charge is 0.373 e. The van der Waals surface area contributed by atoms with E-state index in [0.29, 0.717) is 19.0 Å². The van der Waals surface area contributed by atoms with Gasteiger partial charge in [0.25, 0.3) is 5.91 Å². The molecule has 2 aromatic heterocycles. The van der Waals surface area contributed by atoms with Gasteiger partial charge in [-0.05, 0) is 58.3 Å². The quantitative estimate of drug-likeness (QED) is 0.811. The zero-order valence-corrected chi connectivity index (χ0v) is 18.2. The average molecular weight is 413 g/mol. The standard InChI is InChI=1S/C22H32N6O2/c1-4-16(2)24-21(29)20-26-25-19-13-30-15-22(14-28(19)20)8-10-27(11-9-22)12-18-7-5-6-17(3)23-18/h5-7,16H,4,8-15H2,1-3H3,(H,24,29)/t16-/m0/s1. The van der Waals surface area contributed by atoms with Crippen LogP contribution >= 0.6 is 0 Å². The summed E-state index contributed by atoms with van der Waals surface area (Å²) in [5.41, 5.74) is 2.19. The summed E-state index contributed by atoms with van der Waals surface area (Å²) in [7, 11) is 0. The molecule has 4 rings (SSSR count). The zero-order chi connectivity index (χ0) is 21.1. The van der Waals surface area contributed by atoms with Crippen LogP contribution in [0.3, 0.4) is 0 Å². The van der Waals surface area contributed by atoms with Gasteiger partial charge in [0.2, 0.25) is 5.82 Å². The molecule has 0 unspecified atom stereocenters. The number of fused-ring (bicyclic) bond motifs is 1. The molecule has 1 amide bonds. The van der Waals surface area contributed by atoms with Gasteiger partial charge in [0.05, 0.1) is 12.3 Å². The third-order valence-corrected chi connectivity index (χ3v) is 6.40. The first-order valence-electron chi connectivity index (χ1n) is 10.9. The molecule has 0 bridgehead atoms. The first-order valence-corrected chi connectivity index (χ1v) is 10.9. The number of likely N-dealkylation sites (tertiary alicyclic amines) is 1. The Hall–Kier alpha value is -2.32. The average Bonchev–Trinajstić information content (AvgIpc) is 3.03. The molecule has 0 saturated carbocycles. The predicted octanol–water partition coefficient (Wildman–Crippen LogP) is 2.32. The van der Waals surface area contributed by atoms with Crippen LogP contribution in [0.15, 0.2) is 18.2 Å². The van der Waals surface area contributed by atoms with Gasteiger partial charge in [0.15, 0.2) is 5.82 Å². The zero-order valence-electron chi connectivity index (χ0n) is 18.2. The Balaban J connectivity index is 1.44. The second kappa shape index (κ2) is 8.81. The van der Waals surface area contributed by atoms with Gasteiger partial charge in [-0.15, -0.1) is 10.2 Å². The van der Waals surface area contributed by atoms with E-state index in [1.54, 1.807) is 0 Å². The SMILES string of the molecule is CC[C@H](C)NC(=O)c1nnc2n1CC1(CCN(Cc3cccc(C)n3)CC1)COC2. The lowest BCUT2D eigenvalue weighted by molar-refractivity contribution is -0.00591. The Morgan fingerprint density at radius 1 is 1.30 bits per heavy atom. The molecule has 1 atom stereocenters.